The summed E-state index contributed by atoms with van der Waals surface area (Å²) in [5.74, 6) is -1.97. The highest BCUT2D eigenvalue weighted by atomic mass is 35.5. The minimum Gasteiger partial charge on any atom is -0.481 e. The van der Waals surface area contributed by atoms with Crippen LogP contribution in [0.15, 0.2) is 18.2 Å². The summed E-state index contributed by atoms with van der Waals surface area (Å²) >= 11 is 11.7. The molecular formula is C12H13Cl2NO3. The monoisotopic (exact) mass is 289 g/mol. The van der Waals surface area contributed by atoms with Crippen LogP contribution in [0.3, 0.4) is 0 Å². The van der Waals surface area contributed by atoms with Crippen LogP contribution >= 0.6 is 23.2 Å². The molecule has 0 aliphatic heterocycles. The number of rotatable bonds is 5. The first-order chi connectivity index (χ1) is 8.47. The number of aliphatic carboxylic acids is 1. The second-order valence-corrected chi connectivity index (χ2v) is 4.54. The fourth-order valence-corrected chi connectivity index (χ4v) is 1.78. The molecule has 98 valence electrons. The molecule has 0 fully saturated rings. The molecule has 1 aromatic carbocycles. The van der Waals surface area contributed by atoms with Crippen LogP contribution in [0.4, 0.5) is 0 Å². The summed E-state index contributed by atoms with van der Waals surface area (Å²) in [5.41, 5.74) is 0.240. The summed E-state index contributed by atoms with van der Waals surface area (Å²) in [4.78, 5) is 22.6. The normalized spacial score (nSPS) is 11.9. The second kappa shape index (κ2) is 6.61. The molecule has 1 aromatic rings. The van der Waals surface area contributed by atoms with Crippen molar-refractivity contribution in [1.82, 2.24) is 5.32 Å². The third kappa shape index (κ3) is 3.62. The van der Waals surface area contributed by atoms with Crippen LogP contribution in [0.25, 0.3) is 0 Å². The van der Waals surface area contributed by atoms with Gasteiger partial charge in [-0.25, -0.2) is 0 Å². The second-order valence-electron chi connectivity index (χ2n) is 3.75. The van der Waals surface area contributed by atoms with Crippen molar-refractivity contribution >= 4 is 35.1 Å². The highest BCUT2D eigenvalue weighted by molar-refractivity contribution is 6.43. The molecule has 0 bridgehead atoms. The smallest absolute Gasteiger partial charge is 0.308 e. The van der Waals surface area contributed by atoms with Crippen molar-refractivity contribution in [2.24, 2.45) is 5.92 Å². The maximum absolute atomic E-state index is 11.8. The fraction of sp³-hybridized carbons (Fsp3) is 0.333. The first-order valence-electron chi connectivity index (χ1n) is 5.42. The quantitative estimate of drug-likeness (QED) is 0.876. The molecule has 18 heavy (non-hydrogen) atoms. The predicted molar refractivity (Wildman–Crippen MR) is 70.2 cm³/mol. The first kappa shape index (κ1) is 14.8. The van der Waals surface area contributed by atoms with E-state index in [-0.39, 0.29) is 22.2 Å². The van der Waals surface area contributed by atoms with E-state index >= 15 is 0 Å². The lowest BCUT2D eigenvalue weighted by Crippen LogP contribution is -2.32. The van der Waals surface area contributed by atoms with E-state index in [0.717, 1.165) is 0 Å². The van der Waals surface area contributed by atoms with Crippen LogP contribution in [0.2, 0.25) is 10.0 Å². The molecule has 2 N–H and O–H groups in total. The van der Waals surface area contributed by atoms with Gasteiger partial charge in [0.15, 0.2) is 0 Å². The minimum atomic E-state index is -0.935. The molecule has 0 spiro atoms. The third-order valence-corrected chi connectivity index (χ3v) is 3.37. The van der Waals surface area contributed by atoms with Crippen LogP contribution < -0.4 is 5.32 Å². The maximum atomic E-state index is 11.8. The number of carboxylic acids is 1. The zero-order valence-electron chi connectivity index (χ0n) is 9.74. The van der Waals surface area contributed by atoms with Crippen molar-refractivity contribution in [1.29, 1.82) is 0 Å². The van der Waals surface area contributed by atoms with Crippen molar-refractivity contribution in [3.05, 3.63) is 33.8 Å². The average Bonchev–Trinajstić information content (AvgIpc) is 2.32. The summed E-state index contributed by atoms with van der Waals surface area (Å²) in [6.45, 7) is 1.81. The van der Waals surface area contributed by atoms with Crippen LogP contribution in [0.1, 0.15) is 23.7 Å². The van der Waals surface area contributed by atoms with E-state index < -0.39 is 17.8 Å². The van der Waals surface area contributed by atoms with E-state index in [4.69, 9.17) is 28.3 Å². The number of nitrogens with one attached hydrogen (secondary N) is 1. The van der Waals surface area contributed by atoms with Gasteiger partial charge in [0.05, 0.1) is 21.5 Å². The fourth-order valence-electron chi connectivity index (χ4n) is 1.40. The summed E-state index contributed by atoms with van der Waals surface area (Å²) < 4.78 is 0. The van der Waals surface area contributed by atoms with Gasteiger partial charge in [0.2, 0.25) is 0 Å². The molecule has 4 nitrogen and oxygen atoms in total. The number of carbonyl (C=O) groups is 2. The molecule has 0 radical (unpaired) electrons. The van der Waals surface area contributed by atoms with Crippen molar-refractivity contribution < 1.29 is 14.7 Å². The number of amides is 1. The molecule has 6 heteroatoms. The summed E-state index contributed by atoms with van der Waals surface area (Å²) in [6, 6.07) is 4.72. The number of carboxylic acid groups (broad SMARTS) is 1. The van der Waals surface area contributed by atoms with Crippen LogP contribution in [0, 0.1) is 5.92 Å². The number of hydrogen-bond donors (Lipinski definition) is 2. The molecular weight excluding hydrogens is 277 g/mol. The zero-order valence-corrected chi connectivity index (χ0v) is 11.3. The Balaban J connectivity index is 2.71. The molecule has 0 aliphatic rings. The van der Waals surface area contributed by atoms with E-state index in [1.165, 1.54) is 6.07 Å². The van der Waals surface area contributed by atoms with Crippen LogP contribution in [-0.2, 0) is 4.79 Å². The number of carbonyl (C=O) groups excluding carboxylic acids is 1. The molecule has 0 saturated carbocycles. The Bertz CT molecular complexity index is 463. The standard InChI is InChI=1S/C12H13Cl2NO3/c1-2-7(12(17)18)6-15-11(16)8-4-3-5-9(13)10(8)14/h3-5,7H,2,6H2,1H3,(H,15,16)(H,17,18). The SMILES string of the molecule is CCC(CNC(=O)c1cccc(Cl)c1Cl)C(=O)O. The zero-order chi connectivity index (χ0) is 13.7. The summed E-state index contributed by atoms with van der Waals surface area (Å²) in [5, 5.41) is 11.8. The molecule has 1 amide bonds. The van der Waals surface area contributed by atoms with Gasteiger partial charge < -0.3 is 10.4 Å². The molecule has 0 aromatic heterocycles. The lowest BCUT2D eigenvalue weighted by molar-refractivity contribution is -0.141. The Labute approximate surface area is 115 Å². The molecule has 1 atom stereocenters. The van der Waals surface area contributed by atoms with E-state index in [9.17, 15) is 9.59 Å². The first-order valence-corrected chi connectivity index (χ1v) is 6.18. The van der Waals surface area contributed by atoms with Crippen LogP contribution in [0.5, 0.6) is 0 Å². The molecule has 0 heterocycles. The van der Waals surface area contributed by atoms with Gasteiger partial charge in [0, 0.05) is 6.54 Å². The van der Waals surface area contributed by atoms with Gasteiger partial charge in [-0.1, -0.05) is 36.2 Å². The molecule has 1 rings (SSSR count). The lowest BCUT2D eigenvalue weighted by atomic mass is 10.1. The predicted octanol–water partition coefficient (Wildman–Crippen LogP) is 2.83. The largest absolute Gasteiger partial charge is 0.481 e. The molecule has 0 aliphatic carbocycles. The van der Waals surface area contributed by atoms with E-state index in [2.05, 4.69) is 5.32 Å². The topological polar surface area (TPSA) is 66.4 Å². The van der Waals surface area contributed by atoms with Gasteiger partial charge in [-0.3, -0.25) is 9.59 Å². The summed E-state index contributed by atoms with van der Waals surface area (Å²) in [7, 11) is 0. The van der Waals surface area contributed by atoms with Gasteiger partial charge in [-0.05, 0) is 18.6 Å². The number of benzene rings is 1. The average molecular weight is 290 g/mol. The van der Waals surface area contributed by atoms with Crippen molar-refractivity contribution in [2.45, 2.75) is 13.3 Å². The van der Waals surface area contributed by atoms with E-state index in [0.29, 0.717) is 6.42 Å². The molecule has 1 unspecified atom stereocenters. The Hall–Kier alpha value is -1.26. The Morgan fingerprint density at radius 2 is 2.06 bits per heavy atom. The van der Waals surface area contributed by atoms with Gasteiger partial charge >= 0.3 is 5.97 Å². The Morgan fingerprint density at radius 1 is 1.39 bits per heavy atom. The van der Waals surface area contributed by atoms with Crippen molar-refractivity contribution in [3.8, 4) is 0 Å². The minimum absolute atomic E-state index is 0.0630. The van der Waals surface area contributed by atoms with E-state index in [1.54, 1.807) is 19.1 Å². The number of hydrogen-bond acceptors (Lipinski definition) is 2. The Morgan fingerprint density at radius 3 is 2.61 bits per heavy atom. The van der Waals surface area contributed by atoms with E-state index in [1.807, 2.05) is 0 Å². The van der Waals surface area contributed by atoms with Crippen LogP contribution in [-0.4, -0.2) is 23.5 Å². The van der Waals surface area contributed by atoms with Gasteiger partial charge in [-0.15, -0.1) is 0 Å². The van der Waals surface area contributed by atoms with Gasteiger partial charge in [-0.2, -0.15) is 0 Å². The highest BCUT2D eigenvalue weighted by Gasteiger charge is 2.18. The lowest BCUT2D eigenvalue weighted by Gasteiger charge is -2.12. The highest BCUT2D eigenvalue weighted by Crippen LogP contribution is 2.25. The Kier molecular flexibility index (Phi) is 5.44. The number of halogens is 2. The third-order valence-electron chi connectivity index (χ3n) is 2.55. The molecule has 0 saturated heterocycles. The van der Waals surface area contributed by atoms with Crippen molar-refractivity contribution in [2.75, 3.05) is 6.54 Å². The van der Waals surface area contributed by atoms with Gasteiger partial charge in [0.1, 0.15) is 0 Å². The summed E-state index contributed by atoms with van der Waals surface area (Å²) in [6.07, 6.45) is 0.443. The van der Waals surface area contributed by atoms with Gasteiger partial charge in [0.25, 0.3) is 5.91 Å². The maximum Gasteiger partial charge on any atom is 0.308 e. The van der Waals surface area contributed by atoms with Crippen molar-refractivity contribution in [3.63, 3.8) is 0 Å².